The van der Waals surface area contributed by atoms with Crippen LogP contribution in [-0.4, -0.2) is 21.9 Å². The summed E-state index contributed by atoms with van der Waals surface area (Å²) in [7, 11) is 0. The maximum absolute atomic E-state index is 14.5. The Bertz CT molecular complexity index is 1010. The second-order valence-corrected chi connectivity index (χ2v) is 7.44. The van der Waals surface area contributed by atoms with Crippen LogP contribution in [0.5, 0.6) is 0 Å². The van der Waals surface area contributed by atoms with Gasteiger partial charge in [0.05, 0.1) is 6.20 Å². The van der Waals surface area contributed by atoms with Gasteiger partial charge in [0.15, 0.2) is 5.82 Å². The molecule has 0 radical (unpaired) electrons. The van der Waals surface area contributed by atoms with Crippen LogP contribution in [0.2, 0.25) is 0 Å². The highest BCUT2D eigenvalue weighted by Gasteiger charge is 2.26. The molecule has 6 heteroatoms. The van der Waals surface area contributed by atoms with E-state index >= 15 is 0 Å². The van der Waals surface area contributed by atoms with Crippen LogP contribution in [0.1, 0.15) is 25.7 Å². The SMILES string of the molecule is NC(=O)[C@@H]1CCC[C@H](Nc2ncc(F)c(-c3cccc(-c4ccccc4)c3)n2)C1. The first-order valence-electron chi connectivity index (χ1n) is 9.84. The van der Waals surface area contributed by atoms with Crippen molar-refractivity contribution >= 4 is 11.9 Å². The highest BCUT2D eigenvalue weighted by molar-refractivity contribution is 5.77. The molecule has 3 N–H and O–H groups in total. The Morgan fingerprint density at radius 3 is 2.59 bits per heavy atom. The summed E-state index contributed by atoms with van der Waals surface area (Å²) in [5, 5.41) is 3.25. The molecule has 1 fully saturated rings. The van der Waals surface area contributed by atoms with Gasteiger partial charge in [0.1, 0.15) is 5.69 Å². The van der Waals surface area contributed by atoms with Crippen LogP contribution in [0, 0.1) is 11.7 Å². The van der Waals surface area contributed by atoms with Gasteiger partial charge in [-0.25, -0.2) is 14.4 Å². The van der Waals surface area contributed by atoms with Crippen molar-refractivity contribution in [3.05, 3.63) is 66.6 Å². The topological polar surface area (TPSA) is 80.9 Å². The van der Waals surface area contributed by atoms with Gasteiger partial charge in [-0.3, -0.25) is 4.79 Å². The smallest absolute Gasteiger partial charge is 0.223 e. The van der Waals surface area contributed by atoms with Crippen LogP contribution in [0.15, 0.2) is 60.8 Å². The second kappa shape index (κ2) is 8.39. The molecular weight excluding hydrogens is 367 g/mol. The van der Waals surface area contributed by atoms with Gasteiger partial charge in [-0.05, 0) is 36.5 Å². The van der Waals surface area contributed by atoms with E-state index in [0.717, 1.165) is 30.4 Å². The molecule has 1 amide bonds. The van der Waals surface area contributed by atoms with E-state index in [1.165, 1.54) is 6.20 Å². The fourth-order valence-corrected chi connectivity index (χ4v) is 3.88. The van der Waals surface area contributed by atoms with Crippen molar-refractivity contribution in [2.24, 2.45) is 11.7 Å². The van der Waals surface area contributed by atoms with Gasteiger partial charge >= 0.3 is 0 Å². The monoisotopic (exact) mass is 390 g/mol. The Morgan fingerprint density at radius 1 is 1.03 bits per heavy atom. The molecule has 1 aromatic heterocycles. The Kier molecular flexibility index (Phi) is 5.51. The van der Waals surface area contributed by atoms with Crippen LogP contribution in [0.25, 0.3) is 22.4 Å². The minimum absolute atomic E-state index is 0.0511. The average Bonchev–Trinajstić information content (AvgIpc) is 2.76. The largest absolute Gasteiger partial charge is 0.369 e. The Morgan fingerprint density at radius 2 is 1.79 bits per heavy atom. The number of halogens is 1. The van der Waals surface area contributed by atoms with Crippen molar-refractivity contribution in [3.63, 3.8) is 0 Å². The molecule has 0 bridgehead atoms. The zero-order chi connectivity index (χ0) is 20.2. The minimum Gasteiger partial charge on any atom is -0.369 e. The van der Waals surface area contributed by atoms with Gasteiger partial charge < -0.3 is 11.1 Å². The number of carbonyl (C=O) groups excluding carboxylic acids is 1. The van der Waals surface area contributed by atoms with Gasteiger partial charge in [-0.2, -0.15) is 0 Å². The van der Waals surface area contributed by atoms with Crippen molar-refractivity contribution in [2.45, 2.75) is 31.7 Å². The summed E-state index contributed by atoms with van der Waals surface area (Å²) in [6.45, 7) is 0. The number of hydrogen-bond donors (Lipinski definition) is 2. The average molecular weight is 390 g/mol. The number of rotatable bonds is 5. The normalized spacial score (nSPS) is 18.9. The third kappa shape index (κ3) is 4.42. The first kappa shape index (κ1) is 19.1. The number of hydrogen-bond acceptors (Lipinski definition) is 4. The van der Waals surface area contributed by atoms with E-state index in [2.05, 4.69) is 15.3 Å². The molecular formula is C23H23FN4O. The molecule has 0 aliphatic heterocycles. The van der Waals surface area contributed by atoms with E-state index in [1.807, 2.05) is 54.6 Å². The van der Waals surface area contributed by atoms with Crippen LogP contribution in [-0.2, 0) is 4.79 Å². The maximum Gasteiger partial charge on any atom is 0.223 e. The molecule has 2 aromatic carbocycles. The van der Waals surface area contributed by atoms with Crippen LogP contribution in [0.4, 0.5) is 10.3 Å². The number of primary amides is 1. The van der Waals surface area contributed by atoms with E-state index in [9.17, 15) is 9.18 Å². The number of benzene rings is 2. The molecule has 1 saturated carbocycles. The van der Waals surface area contributed by atoms with Crippen LogP contribution < -0.4 is 11.1 Å². The summed E-state index contributed by atoms with van der Waals surface area (Å²) in [4.78, 5) is 20.0. The van der Waals surface area contributed by atoms with Gasteiger partial charge in [0.25, 0.3) is 0 Å². The summed E-state index contributed by atoms with van der Waals surface area (Å²) in [6, 6.07) is 17.6. The summed E-state index contributed by atoms with van der Waals surface area (Å²) in [5.74, 6) is -0.514. The van der Waals surface area contributed by atoms with Crippen LogP contribution in [0.3, 0.4) is 0 Å². The number of nitrogens with zero attached hydrogens (tertiary/aromatic N) is 2. The van der Waals surface area contributed by atoms with Gasteiger partial charge in [-0.15, -0.1) is 0 Å². The first-order valence-corrected chi connectivity index (χ1v) is 9.84. The van der Waals surface area contributed by atoms with E-state index in [1.54, 1.807) is 0 Å². The molecule has 1 aliphatic rings. The fraction of sp³-hybridized carbons (Fsp3) is 0.261. The molecule has 4 rings (SSSR count). The molecule has 1 aliphatic carbocycles. The predicted octanol–water partition coefficient (Wildman–Crippen LogP) is 4.41. The van der Waals surface area contributed by atoms with E-state index in [0.29, 0.717) is 17.9 Å². The summed E-state index contributed by atoms with van der Waals surface area (Å²) >= 11 is 0. The molecule has 0 unspecified atom stereocenters. The van der Waals surface area contributed by atoms with Crippen molar-refractivity contribution in [2.75, 3.05) is 5.32 Å². The summed E-state index contributed by atoms with van der Waals surface area (Å²) in [6.07, 6.45) is 4.47. The summed E-state index contributed by atoms with van der Waals surface area (Å²) < 4.78 is 14.5. The highest BCUT2D eigenvalue weighted by Crippen LogP contribution is 2.29. The van der Waals surface area contributed by atoms with Crippen molar-refractivity contribution in [3.8, 4) is 22.4 Å². The first-order chi connectivity index (χ1) is 14.1. The van der Waals surface area contributed by atoms with Crippen molar-refractivity contribution in [1.82, 2.24) is 9.97 Å². The third-order valence-electron chi connectivity index (χ3n) is 5.40. The standard InChI is InChI=1S/C23H23FN4O/c24-20-14-26-23(27-19-11-5-10-18(13-19)22(25)29)28-21(20)17-9-4-8-16(12-17)15-6-2-1-3-7-15/h1-4,6-9,12,14,18-19H,5,10-11,13H2,(H2,25,29)(H,26,27,28)/t18-,19+/m1/s1. The number of nitrogens with one attached hydrogen (secondary N) is 1. The maximum atomic E-state index is 14.5. The van der Waals surface area contributed by atoms with Gasteiger partial charge in [0, 0.05) is 17.5 Å². The zero-order valence-electron chi connectivity index (χ0n) is 16.0. The fourth-order valence-electron chi connectivity index (χ4n) is 3.88. The molecule has 29 heavy (non-hydrogen) atoms. The summed E-state index contributed by atoms with van der Waals surface area (Å²) in [5.41, 5.74) is 8.45. The van der Waals surface area contributed by atoms with Crippen molar-refractivity contribution in [1.29, 1.82) is 0 Å². The Hall–Kier alpha value is -3.28. The molecule has 148 valence electrons. The quantitative estimate of drug-likeness (QED) is 0.676. The van der Waals surface area contributed by atoms with E-state index in [-0.39, 0.29) is 23.6 Å². The second-order valence-electron chi connectivity index (χ2n) is 7.44. The molecule has 1 heterocycles. The van der Waals surface area contributed by atoms with E-state index < -0.39 is 5.82 Å². The minimum atomic E-state index is -0.473. The third-order valence-corrected chi connectivity index (χ3v) is 5.40. The molecule has 0 spiro atoms. The lowest BCUT2D eigenvalue weighted by molar-refractivity contribution is -0.122. The molecule has 5 nitrogen and oxygen atoms in total. The number of aromatic nitrogens is 2. The highest BCUT2D eigenvalue weighted by atomic mass is 19.1. The molecule has 0 saturated heterocycles. The number of amides is 1. The lowest BCUT2D eigenvalue weighted by atomic mass is 9.85. The Balaban J connectivity index is 1.58. The number of carbonyl (C=O) groups is 1. The molecule has 2 atom stereocenters. The molecule has 3 aromatic rings. The Labute approximate surface area is 169 Å². The van der Waals surface area contributed by atoms with Gasteiger partial charge in [0.2, 0.25) is 11.9 Å². The number of anilines is 1. The predicted molar refractivity (Wildman–Crippen MR) is 111 cm³/mol. The zero-order valence-corrected chi connectivity index (χ0v) is 16.0. The number of nitrogens with two attached hydrogens (primary N) is 1. The lowest BCUT2D eigenvalue weighted by Gasteiger charge is -2.27. The van der Waals surface area contributed by atoms with Gasteiger partial charge in [-0.1, -0.05) is 55.0 Å². The lowest BCUT2D eigenvalue weighted by Crippen LogP contribution is -2.34. The van der Waals surface area contributed by atoms with Crippen LogP contribution >= 0.6 is 0 Å². The van der Waals surface area contributed by atoms with E-state index in [4.69, 9.17) is 5.73 Å². The van der Waals surface area contributed by atoms with Crippen molar-refractivity contribution < 1.29 is 9.18 Å².